The van der Waals surface area contributed by atoms with Gasteiger partial charge in [0.1, 0.15) is 4.70 Å². The minimum Gasteiger partial charge on any atom is -0.267 e. The highest BCUT2D eigenvalue weighted by Gasteiger charge is 2.18. The predicted octanol–water partition coefficient (Wildman–Crippen LogP) is 4.00. The first kappa shape index (κ1) is 20.8. The molecule has 0 amide bonds. The molecule has 0 aliphatic rings. The molecule has 0 radical (unpaired) electrons. The molecule has 2 heterocycles. The van der Waals surface area contributed by atoms with Crippen LogP contribution in [0.25, 0.3) is 15.8 Å². The van der Waals surface area contributed by atoms with Gasteiger partial charge in [-0.25, -0.2) is 4.68 Å². The fraction of sp³-hybridized carbons (Fsp3) is 0.0588. The molecule has 0 N–H and O–H groups in total. The molecule has 4 rings (SSSR count). The summed E-state index contributed by atoms with van der Waals surface area (Å²) < 4.78 is 2.00. The van der Waals surface area contributed by atoms with Crippen molar-refractivity contribution in [3.63, 3.8) is 0 Å². The molecule has 0 saturated heterocycles. The lowest BCUT2D eigenvalue weighted by molar-refractivity contribution is -0.384. The molecular formula is C17H9ClN6O5S2. The Hall–Kier alpha value is -3.42. The number of halogens is 1. The summed E-state index contributed by atoms with van der Waals surface area (Å²) in [5.74, 6) is 0.308. The molecular weight excluding hydrogens is 468 g/mol. The lowest BCUT2D eigenvalue weighted by atomic mass is 10.2. The lowest BCUT2D eigenvalue weighted by Gasteiger charge is -2.02. The van der Waals surface area contributed by atoms with E-state index >= 15 is 0 Å². The molecule has 31 heavy (non-hydrogen) atoms. The summed E-state index contributed by atoms with van der Waals surface area (Å²) in [6.07, 6.45) is 1.64. The van der Waals surface area contributed by atoms with E-state index in [2.05, 4.69) is 15.3 Å². The zero-order valence-corrected chi connectivity index (χ0v) is 17.6. The maximum Gasteiger partial charge on any atom is 0.288 e. The van der Waals surface area contributed by atoms with E-state index in [0.717, 1.165) is 11.3 Å². The highest BCUT2D eigenvalue weighted by atomic mass is 35.5. The predicted molar refractivity (Wildman–Crippen MR) is 115 cm³/mol. The van der Waals surface area contributed by atoms with Gasteiger partial charge in [-0.3, -0.25) is 25.0 Å². The number of nitro benzene ring substituents is 2. The Kier molecular flexibility index (Phi) is 5.63. The average Bonchev–Trinajstić information content (AvgIpc) is 3.21. The van der Waals surface area contributed by atoms with Crippen LogP contribution < -0.4 is 5.56 Å². The SMILES string of the molecule is O=c1nc(SCc2cn(-c3ccc([N+](=O)[O-])cc3)nn2)sc2c([N+](=O)[O-])cc(Cl)cc12. The van der Waals surface area contributed by atoms with Crippen molar-refractivity contribution in [2.75, 3.05) is 0 Å². The summed E-state index contributed by atoms with van der Waals surface area (Å²) in [6, 6.07) is 8.38. The Balaban J connectivity index is 1.56. The van der Waals surface area contributed by atoms with Gasteiger partial charge >= 0.3 is 0 Å². The lowest BCUT2D eigenvalue weighted by Crippen LogP contribution is -2.06. The first-order valence-electron chi connectivity index (χ1n) is 8.39. The molecule has 0 saturated carbocycles. The molecule has 2 aromatic heterocycles. The Morgan fingerprint density at radius 1 is 1.13 bits per heavy atom. The van der Waals surface area contributed by atoms with E-state index < -0.39 is 15.4 Å². The molecule has 0 bridgehead atoms. The number of benzene rings is 2. The number of aromatic nitrogens is 4. The summed E-state index contributed by atoms with van der Waals surface area (Å²) in [6.45, 7) is 0. The Morgan fingerprint density at radius 2 is 1.87 bits per heavy atom. The van der Waals surface area contributed by atoms with Gasteiger partial charge in [0, 0.05) is 29.0 Å². The van der Waals surface area contributed by atoms with Crippen LogP contribution in [0, 0.1) is 20.2 Å². The van der Waals surface area contributed by atoms with E-state index in [1.54, 1.807) is 18.3 Å². The molecule has 0 unspecified atom stereocenters. The molecule has 14 heteroatoms. The van der Waals surface area contributed by atoms with Gasteiger partial charge in [0.25, 0.3) is 16.9 Å². The summed E-state index contributed by atoms with van der Waals surface area (Å²) in [5.41, 5.74) is 0.271. The van der Waals surface area contributed by atoms with E-state index in [9.17, 15) is 25.0 Å². The van der Waals surface area contributed by atoms with Crippen LogP contribution in [0.2, 0.25) is 5.02 Å². The summed E-state index contributed by atoms with van der Waals surface area (Å²) >= 11 is 8.09. The van der Waals surface area contributed by atoms with E-state index in [-0.39, 0.29) is 26.5 Å². The number of nitrogens with zero attached hydrogens (tertiary/aromatic N) is 6. The summed E-state index contributed by atoms with van der Waals surface area (Å²) in [5, 5.41) is 30.3. The molecule has 2 aromatic carbocycles. The van der Waals surface area contributed by atoms with Gasteiger partial charge in [-0.15, -0.1) is 16.4 Å². The van der Waals surface area contributed by atoms with Crippen molar-refractivity contribution >= 4 is 56.2 Å². The van der Waals surface area contributed by atoms with Crippen molar-refractivity contribution in [1.82, 2.24) is 20.0 Å². The quantitative estimate of drug-likeness (QED) is 0.228. The first-order valence-corrected chi connectivity index (χ1v) is 10.6. The molecule has 0 aliphatic heterocycles. The van der Waals surface area contributed by atoms with Crippen molar-refractivity contribution in [3.05, 3.63) is 83.9 Å². The minimum atomic E-state index is -0.601. The van der Waals surface area contributed by atoms with Gasteiger partial charge in [-0.05, 0) is 18.2 Å². The zero-order valence-electron chi connectivity index (χ0n) is 15.2. The number of hydrogen-bond donors (Lipinski definition) is 0. The molecule has 0 fully saturated rings. The van der Waals surface area contributed by atoms with E-state index in [0.29, 0.717) is 21.5 Å². The van der Waals surface area contributed by atoms with Gasteiger partial charge < -0.3 is 0 Å². The Labute approximate surface area is 185 Å². The van der Waals surface area contributed by atoms with Crippen LogP contribution >= 0.6 is 34.7 Å². The monoisotopic (exact) mass is 476 g/mol. The van der Waals surface area contributed by atoms with Crippen molar-refractivity contribution in [2.24, 2.45) is 0 Å². The Morgan fingerprint density at radius 3 is 2.55 bits per heavy atom. The molecule has 4 aromatic rings. The second kappa shape index (κ2) is 8.37. The van der Waals surface area contributed by atoms with Crippen LogP contribution in [0.3, 0.4) is 0 Å². The average molecular weight is 477 g/mol. The highest BCUT2D eigenvalue weighted by molar-refractivity contribution is 8.00. The third kappa shape index (κ3) is 4.38. The smallest absolute Gasteiger partial charge is 0.267 e. The highest BCUT2D eigenvalue weighted by Crippen LogP contribution is 2.35. The van der Waals surface area contributed by atoms with E-state index in [1.165, 1.54) is 40.7 Å². The normalized spacial score (nSPS) is 11.0. The second-order valence-corrected chi connectivity index (χ2v) is 8.72. The van der Waals surface area contributed by atoms with Gasteiger partial charge in [0.2, 0.25) is 0 Å². The minimum absolute atomic E-state index is 0.0349. The van der Waals surface area contributed by atoms with Crippen LogP contribution in [0.15, 0.2) is 51.7 Å². The van der Waals surface area contributed by atoms with Gasteiger partial charge in [0.15, 0.2) is 4.34 Å². The molecule has 11 nitrogen and oxygen atoms in total. The third-order valence-corrected chi connectivity index (χ3v) is 6.55. The van der Waals surface area contributed by atoms with Gasteiger partial charge in [-0.1, -0.05) is 28.6 Å². The number of thioether (sulfide) groups is 1. The molecule has 0 atom stereocenters. The zero-order chi connectivity index (χ0) is 22.1. The van der Waals surface area contributed by atoms with E-state index in [4.69, 9.17) is 11.6 Å². The topological polar surface area (TPSA) is 147 Å². The van der Waals surface area contributed by atoms with Crippen molar-refractivity contribution in [1.29, 1.82) is 0 Å². The van der Waals surface area contributed by atoms with Crippen LogP contribution in [-0.2, 0) is 5.75 Å². The number of fused-ring (bicyclic) bond motifs is 1. The first-order chi connectivity index (χ1) is 14.8. The van der Waals surface area contributed by atoms with Crippen molar-refractivity contribution in [2.45, 2.75) is 10.1 Å². The number of rotatable bonds is 6. The fourth-order valence-corrected chi connectivity index (χ4v) is 4.87. The Bertz CT molecular complexity index is 1390. The molecule has 156 valence electrons. The fourth-order valence-electron chi connectivity index (χ4n) is 2.65. The van der Waals surface area contributed by atoms with Crippen LogP contribution in [0.4, 0.5) is 11.4 Å². The number of non-ortho nitro benzene ring substituents is 2. The van der Waals surface area contributed by atoms with Crippen molar-refractivity contribution in [3.8, 4) is 5.69 Å². The van der Waals surface area contributed by atoms with Crippen LogP contribution in [0.1, 0.15) is 5.69 Å². The largest absolute Gasteiger partial charge is 0.288 e. The number of nitro groups is 2. The van der Waals surface area contributed by atoms with Crippen LogP contribution in [-0.4, -0.2) is 29.8 Å². The third-order valence-electron chi connectivity index (χ3n) is 4.05. The summed E-state index contributed by atoms with van der Waals surface area (Å²) in [7, 11) is 0. The maximum atomic E-state index is 12.3. The van der Waals surface area contributed by atoms with Crippen molar-refractivity contribution < 1.29 is 9.85 Å². The van der Waals surface area contributed by atoms with Gasteiger partial charge in [0.05, 0.1) is 32.8 Å². The standard InChI is InChI=1S/C17H9ClN6O5S2/c18-9-5-13-15(14(6-9)24(28)29)31-17(19-16(13)25)30-8-10-7-22(21-20-10)11-1-3-12(4-2-11)23(26)27/h1-7H,8H2. The molecule has 0 aliphatic carbocycles. The second-order valence-electron chi connectivity index (χ2n) is 6.06. The summed E-state index contributed by atoms with van der Waals surface area (Å²) in [4.78, 5) is 37.3. The maximum absolute atomic E-state index is 12.3. The van der Waals surface area contributed by atoms with E-state index in [1.807, 2.05) is 0 Å². The molecule has 0 spiro atoms. The van der Waals surface area contributed by atoms with Gasteiger partial charge in [-0.2, -0.15) is 4.98 Å². The number of hydrogen-bond acceptors (Lipinski definition) is 10. The van der Waals surface area contributed by atoms with Crippen LogP contribution in [0.5, 0.6) is 0 Å².